The van der Waals surface area contributed by atoms with Gasteiger partial charge in [-0.25, -0.2) is 9.19 Å². The minimum Gasteiger partial charge on any atom is -0.459 e. The van der Waals surface area contributed by atoms with Crippen LogP contribution >= 0.6 is 10.5 Å². The molecule has 0 amide bonds. The van der Waals surface area contributed by atoms with Crippen LogP contribution in [0, 0.1) is 0 Å². The molecule has 0 aromatic rings. The minimum atomic E-state index is -2.60. The van der Waals surface area contributed by atoms with E-state index in [-0.39, 0.29) is 0 Å². The van der Waals surface area contributed by atoms with Crippen LogP contribution in [-0.4, -0.2) is 23.2 Å². The maximum absolute atomic E-state index is 10.7. The molecule has 4 nitrogen and oxygen atoms in total. The van der Waals surface area contributed by atoms with Gasteiger partial charge >= 0.3 is 5.30 Å². The minimum absolute atomic E-state index is 0.683. The van der Waals surface area contributed by atoms with Gasteiger partial charge in [-0.1, -0.05) is 0 Å². The zero-order valence-electron chi connectivity index (χ0n) is 5.35. The molecule has 0 spiro atoms. The second kappa shape index (κ2) is 2.43. The van der Waals surface area contributed by atoms with Crippen LogP contribution in [0.15, 0.2) is 15.9 Å². The van der Waals surface area contributed by atoms with Gasteiger partial charge in [-0.3, -0.25) is 0 Å². The Morgan fingerprint density at radius 2 is 2.50 bits per heavy atom. The third kappa shape index (κ3) is 1.05. The van der Waals surface area contributed by atoms with Crippen molar-refractivity contribution in [3.63, 3.8) is 0 Å². The molecule has 0 fully saturated rings. The number of carbonyl (C=O) groups excluding carboxylic acids is 1. The lowest BCUT2D eigenvalue weighted by Crippen LogP contribution is -2.04. The molecule has 5 heteroatoms. The summed E-state index contributed by atoms with van der Waals surface area (Å²) in [5, 5.41) is 0.663. The molecule has 10 heavy (non-hydrogen) atoms. The first-order valence-corrected chi connectivity index (χ1v) is 4.16. The van der Waals surface area contributed by atoms with Gasteiger partial charge in [-0.05, 0) is 6.08 Å². The lowest BCUT2D eigenvalue weighted by atomic mass is 10.7. The van der Waals surface area contributed by atoms with Gasteiger partial charge in [0.15, 0.2) is 0 Å². The smallest absolute Gasteiger partial charge is 0.395 e. The van der Waals surface area contributed by atoms with Gasteiger partial charge in [0.1, 0.15) is 0 Å². The number of carbonyl (C=O) groups is 1. The van der Waals surface area contributed by atoms with Gasteiger partial charge in [0, 0.05) is 11.6 Å². The molecule has 1 aliphatic heterocycles. The van der Waals surface area contributed by atoms with E-state index in [0.717, 1.165) is 0 Å². The highest BCUT2D eigenvalue weighted by atomic mass is 32.3. The van der Waals surface area contributed by atoms with E-state index in [1.54, 1.807) is 0 Å². The number of hydrogen-bond donors (Lipinski definition) is 1. The summed E-state index contributed by atoms with van der Waals surface area (Å²) in [6.07, 6.45) is 2.90. The fourth-order valence-corrected chi connectivity index (χ4v) is 1.59. The maximum Gasteiger partial charge on any atom is 0.395 e. The second-order valence-electron chi connectivity index (χ2n) is 1.63. The summed E-state index contributed by atoms with van der Waals surface area (Å²) in [7, 11) is -1.39. The molecule has 0 aliphatic carbocycles. The number of methoxy groups -OCH3 is 1. The number of allylic oxidation sites excluding steroid dienone is 1. The van der Waals surface area contributed by atoms with E-state index in [9.17, 15) is 9.35 Å². The predicted octanol–water partition coefficient (Wildman–Crippen LogP) is 1.54. The van der Waals surface area contributed by atoms with Crippen molar-refractivity contribution >= 4 is 22.0 Å². The fourth-order valence-electron chi connectivity index (χ4n) is 0.529. The Morgan fingerprint density at radius 1 is 1.80 bits per heavy atom. The first-order valence-electron chi connectivity index (χ1n) is 2.55. The van der Waals surface area contributed by atoms with E-state index in [0.29, 0.717) is 0 Å². The van der Waals surface area contributed by atoms with Gasteiger partial charge in [0.2, 0.25) is 0 Å². The van der Waals surface area contributed by atoms with Crippen LogP contribution in [0.2, 0.25) is 0 Å². The van der Waals surface area contributed by atoms with Crippen LogP contribution < -0.4 is 0 Å². The van der Waals surface area contributed by atoms with Gasteiger partial charge in [-0.2, -0.15) is 0 Å². The number of nitrogens with zero attached hydrogens (tertiary/aromatic N) is 1. The molecule has 0 saturated heterocycles. The summed E-state index contributed by atoms with van der Waals surface area (Å²) >= 11 is 0. The molecule has 0 aromatic heterocycles. The SMILES string of the molecule is COC(=O)S1(O)C=CC=N1. The molecule has 1 heterocycles. The summed E-state index contributed by atoms with van der Waals surface area (Å²) in [4.78, 5) is 10.7. The monoisotopic (exact) mass is 161 g/mol. The zero-order chi connectivity index (χ0) is 7.61. The van der Waals surface area contributed by atoms with E-state index < -0.39 is 15.8 Å². The Bertz CT molecular complexity index is 199. The number of hydrogen-bond acceptors (Lipinski definition) is 4. The quantitative estimate of drug-likeness (QED) is 0.548. The van der Waals surface area contributed by atoms with Crippen LogP contribution in [0.25, 0.3) is 0 Å². The molecule has 1 atom stereocenters. The standard InChI is InChI=1S/C5H7NO3S/c1-9-5(7)10(8)4-2-3-6-10/h2-4,8H,1H3. The van der Waals surface area contributed by atoms with Gasteiger partial charge in [0.05, 0.1) is 17.6 Å². The van der Waals surface area contributed by atoms with E-state index in [2.05, 4.69) is 9.13 Å². The molecule has 0 saturated carbocycles. The lowest BCUT2D eigenvalue weighted by molar-refractivity contribution is 0.197. The molecule has 0 aromatic carbocycles. The van der Waals surface area contributed by atoms with Crippen molar-refractivity contribution in [2.45, 2.75) is 0 Å². The largest absolute Gasteiger partial charge is 0.459 e. The Hall–Kier alpha value is -0.810. The van der Waals surface area contributed by atoms with E-state index in [1.165, 1.54) is 24.8 Å². The van der Waals surface area contributed by atoms with Crippen molar-refractivity contribution in [2.75, 3.05) is 7.11 Å². The van der Waals surface area contributed by atoms with Crippen LogP contribution in [-0.2, 0) is 4.74 Å². The molecule has 1 unspecified atom stereocenters. The third-order valence-electron chi connectivity index (χ3n) is 0.988. The Morgan fingerprint density at radius 3 is 2.90 bits per heavy atom. The van der Waals surface area contributed by atoms with Crippen molar-refractivity contribution in [2.24, 2.45) is 4.40 Å². The second-order valence-corrected chi connectivity index (χ2v) is 3.63. The molecule has 0 bridgehead atoms. The topological polar surface area (TPSA) is 58.9 Å². The summed E-state index contributed by atoms with van der Waals surface area (Å²) in [5.74, 6) is 0. The van der Waals surface area contributed by atoms with E-state index in [1.807, 2.05) is 0 Å². The van der Waals surface area contributed by atoms with Crippen LogP contribution in [0.4, 0.5) is 4.79 Å². The van der Waals surface area contributed by atoms with Crippen molar-refractivity contribution in [3.8, 4) is 0 Å². The molecular weight excluding hydrogens is 154 g/mol. The summed E-state index contributed by atoms with van der Waals surface area (Å²) in [5.41, 5.74) is 0. The van der Waals surface area contributed by atoms with Crippen LogP contribution in [0.1, 0.15) is 0 Å². The third-order valence-corrected chi connectivity index (χ3v) is 2.62. The molecular formula is C5H7NO3S. The van der Waals surface area contributed by atoms with Crippen LogP contribution in [0.5, 0.6) is 0 Å². The molecule has 0 radical (unpaired) electrons. The predicted molar refractivity (Wildman–Crippen MR) is 40.3 cm³/mol. The Kier molecular flexibility index (Phi) is 1.78. The zero-order valence-corrected chi connectivity index (χ0v) is 6.17. The summed E-state index contributed by atoms with van der Waals surface area (Å²) < 4.78 is 17.2. The first-order chi connectivity index (χ1) is 4.69. The first kappa shape index (κ1) is 7.30. The van der Waals surface area contributed by atoms with Gasteiger partial charge < -0.3 is 9.29 Å². The Balaban J connectivity index is 2.79. The number of rotatable bonds is 0. The highest BCUT2D eigenvalue weighted by molar-refractivity contribution is 8.42. The molecule has 56 valence electrons. The molecule has 1 aliphatic rings. The van der Waals surface area contributed by atoms with Crippen LogP contribution in [0.3, 0.4) is 0 Å². The number of ether oxygens (including phenoxy) is 1. The Labute approximate surface area is 59.9 Å². The van der Waals surface area contributed by atoms with Crippen molar-refractivity contribution in [1.29, 1.82) is 0 Å². The van der Waals surface area contributed by atoms with Crippen molar-refractivity contribution in [1.82, 2.24) is 0 Å². The molecule has 1 N–H and O–H groups in total. The normalized spacial score (nSPS) is 35.4. The fraction of sp³-hybridized carbons (Fsp3) is 0.200. The van der Waals surface area contributed by atoms with Gasteiger partial charge in [0.25, 0.3) is 0 Å². The van der Waals surface area contributed by atoms with E-state index in [4.69, 9.17) is 0 Å². The maximum atomic E-state index is 10.7. The van der Waals surface area contributed by atoms with Crippen molar-refractivity contribution in [3.05, 3.63) is 11.5 Å². The average Bonchev–Trinajstić information content (AvgIpc) is 2.36. The highest BCUT2D eigenvalue weighted by Crippen LogP contribution is 2.50. The summed E-state index contributed by atoms with van der Waals surface area (Å²) in [6, 6.07) is 0. The van der Waals surface area contributed by atoms with E-state index >= 15 is 0 Å². The van der Waals surface area contributed by atoms with Crippen molar-refractivity contribution < 1.29 is 14.1 Å². The highest BCUT2D eigenvalue weighted by Gasteiger charge is 2.28. The lowest BCUT2D eigenvalue weighted by Gasteiger charge is -2.17. The van der Waals surface area contributed by atoms with Gasteiger partial charge in [-0.15, -0.1) is 0 Å². The average molecular weight is 161 g/mol. The summed E-state index contributed by atoms with van der Waals surface area (Å²) in [6.45, 7) is 0. The molecule has 1 rings (SSSR count).